The van der Waals surface area contributed by atoms with Gasteiger partial charge < -0.3 is 11.1 Å². The quantitative estimate of drug-likeness (QED) is 0.832. The molecule has 1 aliphatic carbocycles. The van der Waals surface area contributed by atoms with Gasteiger partial charge in [0.25, 0.3) is 18.5 Å². The van der Waals surface area contributed by atoms with Crippen molar-refractivity contribution in [3.05, 3.63) is 45.3 Å². The Morgan fingerprint density at radius 3 is 2.71 bits per heavy atom. The summed E-state index contributed by atoms with van der Waals surface area (Å²) in [6, 6.07) is 7.68. The molecule has 2 atom stereocenters. The molecular weight excluding hydrogens is 370 g/mol. The van der Waals surface area contributed by atoms with Crippen LogP contribution in [-0.4, -0.2) is 21.7 Å². The third-order valence-corrected chi connectivity index (χ3v) is 4.86. The van der Waals surface area contributed by atoms with Gasteiger partial charge in [0, 0.05) is 22.8 Å². The zero-order valence-corrected chi connectivity index (χ0v) is 14.7. The summed E-state index contributed by atoms with van der Waals surface area (Å²) in [4.78, 5) is 15.8. The average Bonchev–Trinajstić information content (AvgIpc) is 3.01. The van der Waals surface area contributed by atoms with Gasteiger partial charge in [0.2, 0.25) is 0 Å². The molecule has 0 radical (unpaired) electrons. The van der Waals surface area contributed by atoms with Crippen molar-refractivity contribution in [3.8, 4) is 6.57 Å². The first kappa shape index (κ1) is 16.5. The summed E-state index contributed by atoms with van der Waals surface area (Å²) in [6.45, 7) is 5.55. The van der Waals surface area contributed by atoms with E-state index >= 15 is 0 Å². The summed E-state index contributed by atoms with van der Waals surface area (Å²) in [7, 11) is 0. The summed E-state index contributed by atoms with van der Waals surface area (Å²) >= 11 is 3.40. The van der Waals surface area contributed by atoms with Gasteiger partial charge in [-0.2, -0.15) is 5.10 Å². The highest BCUT2D eigenvalue weighted by Crippen LogP contribution is 2.32. The van der Waals surface area contributed by atoms with Gasteiger partial charge in [-0.1, -0.05) is 27.2 Å². The fourth-order valence-corrected chi connectivity index (χ4v) is 3.34. The van der Waals surface area contributed by atoms with Crippen molar-refractivity contribution in [1.29, 1.82) is 0 Å². The monoisotopic (exact) mass is 388 g/mol. The number of nitrogens with two attached hydrogens (primary N) is 1. The van der Waals surface area contributed by atoms with Crippen molar-refractivity contribution >= 4 is 33.3 Å². The molecule has 124 valence electrons. The van der Waals surface area contributed by atoms with E-state index in [-0.39, 0.29) is 12.1 Å². The number of halogens is 1. The molecule has 7 heteroatoms. The predicted octanol–water partition coefficient (Wildman–Crippen LogP) is 3.93. The standard InChI is InChI=1S/C17H18BrN5O/c1-20-14-4-2-3-5-15(14)23-10-13(16(19)24)17(22-23)21-12-8-6-11(18)7-9-12/h1,6-10,14-15H,2-5H2,(H2-,19,21,22,24)/p+1/t14-,15-/m0/s1. The van der Waals surface area contributed by atoms with E-state index in [1.54, 1.807) is 10.9 Å². The summed E-state index contributed by atoms with van der Waals surface area (Å²) in [6.07, 6.45) is 5.76. The van der Waals surface area contributed by atoms with Crippen LogP contribution in [0.25, 0.3) is 4.85 Å². The molecule has 2 aromatic rings. The van der Waals surface area contributed by atoms with Gasteiger partial charge in [0.05, 0.1) is 0 Å². The van der Waals surface area contributed by atoms with E-state index in [1.807, 2.05) is 24.3 Å². The second-order valence-electron chi connectivity index (χ2n) is 5.94. The smallest absolute Gasteiger partial charge is 0.294 e. The zero-order chi connectivity index (χ0) is 17.1. The number of amides is 1. The molecule has 0 unspecified atom stereocenters. The van der Waals surface area contributed by atoms with Crippen LogP contribution >= 0.6 is 15.9 Å². The number of benzene rings is 1. The molecule has 3 N–H and O–H groups in total. The number of hydrogen-bond donors (Lipinski definition) is 2. The maximum absolute atomic E-state index is 11.8. The van der Waals surface area contributed by atoms with Crippen molar-refractivity contribution in [2.24, 2.45) is 5.73 Å². The molecule has 0 aliphatic heterocycles. The number of primary amides is 1. The predicted molar refractivity (Wildman–Crippen MR) is 97.8 cm³/mol. The molecule has 1 heterocycles. The Bertz CT molecular complexity index is 777. The molecule has 1 aromatic carbocycles. The lowest BCUT2D eigenvalue weighted by Crippen LogP contribution is -2.25. The van der Waals surface area contributed by atoms with E-state index in [0.29, 0.717) is 11.4 Å². The summed E-state index contributed by atoms with van der Waals surface area (Å²) in [5, 5.41) is 7.71. The highest BCUT2D eigenvalue weighted by molar-refractivity contribution is 9.10. The molecule has 24 heavy (non-hydrogen) atoms. The first-order valence-electron chi connectivity index (χ1n) is 7.90. The lowest BCUT2D eigenvalue weighted by Gasteiger charge is -2.21. The Kier molecular flexibility index (Phi) is 4.86. The largest absolute Gasteiger partial charge is 0.365 e. The van der Waals surface area contributed by atoms with Crippen LogP contribution < -0.4 is 11.1 Å². The third-order valence-electron chi connectivity index (χ3n) is 4.33. The lowest BCUT2D eigenvalue weighted by molar-refractivity contribution is 0.100. The molecule has 1 fully saturated rings. The fraction of sp³-hybridized carbons (Fsp3) is 0.353. The number of carbonyl (C=O) groups excluding carboxylic acids is 1. The van der Waals surface area contributed by atoms with Gasteiger partial charge in [0.1, 0.15) is 11.6 Å². The minimum Gasteiger partial charge on any atom is -0.365 e. The van der Waals surface area contributed by atoms with Gasteiger partial charge >= 0.3 is 0 Å². The van der Waals surface area contributed by atoms with Crippen molar-refractivity contribution in [2.45, 2.75) is 37.8 Å². The van der Waals surface area contributed by atoms with Crippen LogP contribution in [0.3, 0.4) is 0 Å². The molecular formula is C17H19BrN5O+. The van der Waals surface area contributed by atoms with Crippen molar-refractivity contribution in [1.82, 2.24) is 9.78 Å². The highest BCUT2D eigenvalue weighted by Gasteiger charge is 2.35. The molecule has 1 amide bonds. The highest BCUT2D eigenvalue weighted by atomic mass is 79.9. The van der Waals surface area contributed by atoms with Crippen LogP contribution in [-0.2, 0) is 0 Å². The minimum absolute atomic E-state index is 0.0138. The Balaban J connectivity index is 1.91. The molecule has 0 saturated heterocycles. The normalized spacial score (nSPS) is 20.3. The number of hydrogen-bond acceptors (Lipinski definition) is 3. The van der Waals surface area contributed by atoms with Crippen LogP contribution in [0.5, 0.6) is 0 Å². The van der Waals surface area contributed by atoms with Gasteiger partial charge in [-0.3, -0.25) is 9.48 Å². The van der Waals surface area contributed by atoms with Crippen LogP contribution in [0, 0.1) is 6.57 Å². The lowest BCUT2D eigenvalue weighted by atomic mass is 9.91. The molecule has 0 bridgehead atoms. The van der Waals surface area contributed by atoms with E-state index in [2.05, 4.69) is 31.2 Å². The zero-order valence-electron chi connectivity index (χ0n) is 13.2. The van der Waals surface area contributed by atoms with Crippen LogP contribution in [0.4, 0.5) is 11.5 Å². The SMILES string of the molecule is C#[N+][C@H]1CCCC[C@@H]1n1cc(C(N)=O)c(Nc2ccc(Br)cc2)n1. The second-order valence-corrected chi connectivity index (χ2v) is 6.85. The summed E-state index contributed by atoms with van der Waals surface area (Å²) < 4.78 is 2.75. The number of nitrogens with one attached hydrogen (secondary N) is 1. The van der Waals surface area contributed by atoms with Crippen molar-refractivity contribution in [2.75, 3.05) is 5.32 Å². The molecule has 6 nitrogen and oxygen atoms in total. The van der Waals surface area contributed by atoms with Crippen molar-refractivity contribution in [3.63, 3.8) is 0 Å². The molecule has 3 rings (SSSR count). The Hall–Kier alpha value is -2.33. The summed E-state index contributed by atoms with van der Waals surface area (Å²) in [5.41, 5.74) is 6.70. The van der Waals surface area contributed by atoms with Crippen LogP contribution in [0.2, 0.25) is 0 Å². The second kappa shape index (κ2) is 7.05. The van der Waals surface area contributed by atoms with E-state index in [9.17, 15) is 4.79 Å². The number of rotatable bonds is 4. The Morgan fingerprint density at radius 2 is 2.04 bits per heavy atom. The van der Waals surface area contributed by atoms with Crippen LogP contribution in [0.15, 0.2) is 34.9 Å². The number of aromatic nitrogens is 2. The van der Waals surface area contributed by atoms with E-state index < -0.39 is 5.91 Å². The fourth-order valence-electron chi connectivity index (χ4n) is 3.08. The molecule has 1 saturated carbocycles. The average molecular weight is 389 g/mol. The van der Waals surface area contributed by atoms with Gasteiger partial charge in [-0.15, -0.1) is 0 Å². The molecule has 0 spiro atoms. The maximum Gasteiger partial charge on any atom is 0.294 e. The summed E-state index contributed by atoms with van der Waals surface area (Å²) in [5.74, 6) is -0.0657. The van der Waals surface area contributed by atoms with Gasteiger partial charge in [-0.05, 0) is 37.1 Å². The number of anilines is 2. The van der Waals surface area contributed by atoms with Crippen molar-refractivity contribution < 1.29 is 4.79 Å². The van der Waals surface area contributed by atoms with E-state index in [0.717, 1.165) is 35.8 Å². The topological polar surface area (TPSA) is 77.3 Å². The van der Waals surface area contributed by atoms with E-state index in [4.69, 9.17) is 12.3 Å². The molecule has 1 aromatic heterocycles. The van der Waals surface area contributed by atoms with Gasteiger partial charge in [0.15, 0.2) is 5.82 Å². The first-order valence-corrected chi connectivity index (χ1v) is 8.69. The third kappa shape index (κ3) is 3.44. The number of nitrogens with zero attached hydrogens (tertiary/aromatic N) is 3. The van der Waals surface area contributed by atoms with Gasteiger partial charge in [-0.25, -0.2) is 0 Å². The first-order chi connectivity index (χ1) is 11.6. The van der Waals surface area contributed by atoms with E-state index in [1.165, 1.54) is 0 Å². The van der Waals surface area contributed by atoms with Crippen LogP contribution in [0.1, 0.15) is 42.1 Å². The number of carbonyl (C=O) groups is 1. The molecule has 1 aliphatic rings. The maximum atomic E-state index is 11.8. The Labute approximate surface area is 149 Å². The minimum atomic E-state index is -0.516. The Morgan fingerprint density at radius 1 is 1.33 bits per heavy atom.